The van der Waals surface area contributed by atoms with E-state index in [4.69, 9.17) is 14.6 Å². The first-order valence-electron chi connectivity index (χ1n) is 7.12. The normalized spacial score (nSPS) is 34.1. The number of carbonyl (C=O) groups excluding carboxylic acids is 1. The van der Waals surface area contributed by atoms with E-state index in [2.05, 4.69) is 4.98 Å². The van der Waals surface area contributed by atoms with Gasteiger partial charge in [0.1, 0.15) is 6.10 Å². The van der Waals surface area contributed by atoms with Gasteiger partial charge in [-0.25, -0.2) is 4.79 Å². The zero-order valence-corrected chi connectivity index (χ0v) is 11.9. The van der Waals surface area contributed by atoms with Crippen molar-refractivity contribution in [2.75, 3.05) is 6.61 Å². The number of benzene rings is 1. The number of nitrogens with one attached hydrogen (secondary N) is 1. The molecule has 1 aromatic heterocycles. The predicted molar refractivity (Wildman–Crippen MR) is 74.9 cm³/mol. The lowest BCUT2D eigenvalue weighted by atomic mass is 9.80. The Morgan fingerprint density at radius 1 is 1.35 bits per heavy atom. The Hall–Kier alpha value is -1.97. The van der Waals surface area contributed by atoms with Gasteiger partial charge in [0, 0.05) is 22.2 Å². The number of aromatic nitrogens is 1. The van der Waals surface area contributed by atoms with Crippen LogP contribution in [-0.2, 0) is 26.5 Å². The highest BCUT2D eigenvalue weighted by Gasteiger charge is 2.73. The van der Waals surface area contributed by atoms with Crippen LogP contribution in [0.1, 0.15) is 11.3 Å². The first-order chi connectivity index (χ1) is 10.9. The minimum Gasteiger partial charge on any atom is -0.451 e. The summed E-state index contributed by atoms with van der Waals surface area (Å²) in [6.07, 6.45) is -3.20. The van der Waals surface area contributed by atoms with Crippen molar-refractivity contribution in [3.63, 3.8) is 0 Å². The predicted octanol–water partition coefficient (Wildman–Crippen LogP) is -1.15. The second-order valence-corrected chi connectivity index (χ2v) is 5.80. The summed E-state index contributed by atoms with van der Waals surface area (Å²) in [4.78, 5) is 15.4. The number of aliphatic hydroxyl groups is 4. The van der Waals surface area contributed by atoms with E-state index in [9.17, 15) is 20.1 Å². The summed E-state index contributed by atoms with van der Waals surface area (Å²) in [5.41, 5.74) is -1.23. The second kappa shape index (κ2) is 4.53. The van der Waals surface area contributed by atoms with Gasteiger partial charge >= 0.3 is 5.97 Å². The number of esters is 1. The maximum atomic E-state index is 12.4. The van der Waals surface area contributed by atoms with Crippen LogP contribution < -0.4 is 0 Å². The number of hydrogen-bond acceptors (Lipinski definition) is 7. The van der Waals surface area contributed by atoms with Crippen LogP contribution in [0.3, 0.4) is 0 Å². The third kappa shape index (κ3) is 1.59. The van der Waals surface area contributed by atoms with Crippen LogP contribution in [0.4, 0.5) is 0 Å². The molecule has 3 heterocycles. The molecule has 1 aromatic carbocycles. The van der Waals surface area contributed by atoms with Crippen LogP contribution in [0.25, 0.3) is 10.9 Å². The number of ether oxygens (including phenoxy) is 2. The number of aromatic amines is 1. The first kappa shape index (κ1) is 14.6. The molecule has 4 rings (SSSR count). The molecule has 2 aliphatic rings. The van der Waals surface area contributed by atoms with E-state index in [1.54, 1.807) is 24.3 Å². The summed E-state index contributed by atoms with van der Waals surface area (Å²) < 4.78 is 10.3. The van der Waals surface area contributed by atoms with E-state index < -0.39 is 36.2 Å². The maximum Gasteiger partial charge on any atom is 0.349 e. The molecule has 1 saturated heterocycles. The molecular formula is C15H15NO7. The number of cyclic esters (lactones) is 1. The molecule has 0 amide bonds. The minimum atomic E-state index is -2.50. The Bertz CT molecular complexity index is 802. The van der Waals surface area contributed by atoms with Crippen LogP contribution in [0.2, 0.25) is 0 Å². The van der Waals surface area contributed by atoms with Crippen molar-refractivity contribution in [2.45, 2.75) is 30.2 Å². The lowest BCUT2D eigenvalue weighted by molar-refractivity contribution is -0.321. The molecule has 4 atom stereocenters. The van der Waals surface area contributed by atoms with E-state index in [-0.39, 0.29) is 12.2 Å². The molecule has 0 bridgehead atoms. The number of carbonyl (C=O) groups is 1. The highest BCUT2D eigenvalue weighted by atomic mass is 16.7. The summed E-state index contributed by atoms with van der Waals surface area (Å²) in [6, 6.07) is 6.97. The number of aliphatic hydroxyl groups excluding tert-OH is 2. The van der Waals surface area contributed by atoms with Crippen LogP contribution in [-0.4, -0.2) is 56.0 Å². The Morgan fingerprint density at radius 2 is 2.09 bits per heavy atom. The molecular weight excluding hydrogens is 306 g/mol. The van der Waals surface area contributed by atoms with Crippen LogP contribution in [0.5, 0.6) is 0 Å². The largest absolute Gasteiger partial charge is 0.451 e. The van der Waals surface area contributed by atoms with Gasteiger partial charge in [0.15, 0.2) is 6.10 Å². The molecule has 2 aliphatic heterocycles. The van der Waals surface area contributed by atoms with Crippen molar-refractivity contribution in [2.24, 2.45) is 0 Å². The van der Waals surface area contributed by atoms with Gasteiger partial charge < -0.3 is 34.9 Å². The second-order valence-electron chi connectivity index (χ2n) is 5.80. The number of H-pyrrole nitrogens is 1. The number of para-hydroxylation sites is 1. The quantitative estimate of drug-likeness (QED) is 0.441. The molecule has 0 saturated carbocycles. The molecule has 0 aliphatic carbocycles. The van der Waals surface area contributed by atoms with E-state index in [1.165, 1.54) is 0 Å². The fourth-order valence-corrected chi connectivity index (χ4v) is 3.44. The van der Waals surface area contributed by atoms with Crippen molar-refractivity contribution >= 4 is 16.9 Å². The Labute approximate surface area is 129 Å². The SMILES string of the molecule is O=C1OC(C(O)CO)C2(O)OCc3[nH]c4ccccc4c3C12O. The Kier molecular flexibility index (Phi) is 2.88. The van der Waals surface area contributed by atoms with Gasteiger partial charge in [-0.2, -0.15) is 0 Å². The monoisotopic (exact) mass is 321 g/mol. The Morgan fingerprint density at radius 3 is 2.83 bits per heavy atom. The van der Waals surface area contributed by atoms with Gasteiger partial charge in [0.2, 0.25) is 5.60 Å². The average Bonchev–Trinajstić information content (AvgIpc) is 3.02. The van der Waals surface area contributed by atoms with Crippen LogP contribution in [0.15, 0.2) is 24.3 Å². The van der Waals surface area contributed by atoms with Crippen molar-refractivity contribution in [3.8, 4) is 0 Å². The van der Waals surface area contributed by atoms with Crippen molar-refractivity contribution in [1.82, 2.24) is 4.98 Å². The zero-order chi connectivity index (χ0) is 16.4. The van der Waals surface area contributed by atoms with Gasteiger partial charge in [0.05, 0.1) is 13.2 Å². The van der Waals surface area contributed by atoms with Gasteiger partial charge in [-0.15, -0.1) is 0 Å². The third-order valence-electron chi connectivity index (χ3n) is 4.55. The molecule has 4 unspecified atom stereocenters. The van der Waals surface area contributed by atoms with Crippen LogP contribution in [0, 0.1) is 0 Å². The third-order valence-corrected chi connectivity index (χ3v) is 4.55. The molecule has 0 radical (unpaired) electrons. The highest BCUT2D eigenvalue weighted by molar-refractivity contribution is 5.95. The topological polar surface area (TPSA) is 132 Å². The molecule has 23 heavy (non-hydrogen) atoms. The molecule has 1 fully saturated rings. The van der Waals surface area contributed by atoms with Gasteiger partial charge in [-0.3, -0.25) is 0 Å². The molecule has 2 aromatic rings. The smallest absolute Gasteiger partial charge is 0.349 e. The van der Waals surface area contributed by atoms with Gasteiger partial charge in [-0.05, 0) is 6.07 Å². The number of hydrogen-bond donors (Lipinski definition) is 5. The van der Waals surface area contributed by atoms with E-state index in [0.717, 1.165) is 0 Å². The molecule has 122 valence electrons. The summed E-state index contributed by atoms with van der Waals surface area (Å²) >= 11 is 0. The van der Waals surface area contributed by atoms with Gasteiger partial charge in [0.25, 0.3) is 5.79 Å². The summed E-state index contributed by atoms with van der Waals surface area (Å²) in [5.74, 6) is -3.63. The molecule has 8 heteroatoms. The number of rotatable bonds is 2. The molecule has 8 nitrogen and oxygen atoms in total. The molecule has 0 spiro atoms. The van der Waals surface area contributed by atoms with Gasteiger partial charge in [-0.1, -0.05) is 18.2 Å². The van der Waals surface area contributed by atoms with E-state index in [1.807, 2.05) is 0 Å². The molecule has 5 N–H and O–H groups in total. The zero-order valence-electron chi connectivity index (χ0n) is 11.9. The van der Waals surface area contributed by atoms with Crippen LogP contribution >= 0.6 is 0 Å². The Balaban J connectivity index is 1.97. The van der Waals surface area contributed by atoms with Crippen molar-refractivity contribution in [1.29, 1.82) is 0 Å². The van der Waals surface area contributed by atoms with Crippen molar-refractivity contribution in [3.05, 3.63) is 35.5 Å². The maximum absolute atomic E-state index is 12.4. The highest BCUT2D eigenvalue weighted by Crippen LogP contribution is 2.51. The lowest BCUT2D eigenvalue weighted by Crippen LogP contribution is -2.62. The fourth-order valence-electron chi connectivity index (χ4n) is 3.44. The summed E-state index contributed by atoms with van der Waals surface area (Å²) in [5, 5.41) is 41.3. The average molecular weight is 321 g/mol. The summed E-state index contributed by atoms with van der Waals surface area (Å²) in [6.45, 7) is -0.880. The lowest BCUT2D eigenvalue weighted by Gasteiger charge is -2.40. The fraction of sp³-hybridized carbons (Fsp3) is 0.400. The first-order valence-corrected chi connectivity index (χ1v) is 7.12. The van der Waals surface area contributed by atoms with E-state index >= 15 is 0 Å². The standard InChI is InChI=1S/C15H15NO7/c17-5-10(18)12-15(21)14(20,13(19)23-12)11-7-3-1-2-4-8(7)16-9(11)6-22-15/h1-4,10,12,16-18,20-21H,5-6H2. The van der Waals surface area contributed by atoms with Crippen molar-refractivity contribution < 1.29 is 34.7 Å². The number of fused-ring (bicyclic) bond motifs is 5. The minimum absolute atomic E-state index is 0.117. The van der Waals surface area contributed by atoms with E-state index in [0.29, 0.717) is 16.6 Å². The summed E-state index contributed by atoms with van der Waals surface area (Å²) in [7, 11) is 0.